The number of hydrogen-bond donors (Lipinski definition) is 1. The maximum Gasteiger partial charge on any atom is 0.237 e. The molecule has 0 bridgehead atoms. The summed E-state index contributed by atoms with van der Waals surface area (Å²) < 4.78 is 0. The highest BCUT2D eigenvalue weighted by atomic mass is 16.2. The number of aromatic nitrogens is 1. The molecule has 6 heteroatoms. The molecule has 1 aromatic carbocycles. The maximum atomic E-state index is 12.2. The van der Waals surface area contributed by atoms with Crippen LogP contribution in [0.15, 0.2) is 30.3 Å². The molecule has 0 aliphatic carbocycles. The maximum absolute atomic E-state index is 12.2. The second-order valence-corrected chi connectivity index (χ2v) is 7.02. The van der Waals surface area contributed by atoms with Gasteiger partial charge in [-0.25, -0.2) is 4.98 Å². The molecule has 1 fully saturated rings. The van der Waals surface area contributed by atoms with Crippen molar-refractivity contribution in [3.63, 3.8) is 0 Å². The number of amides is 1. The summed E-state index contributed by atoms with van der Waals surface area (Å²) in [5.74, 6) is 0.906. The fourth-order valence-corrected chi connectivity index (χ4v) is 3.33. The number of hydrogen-bond acceptors (Lipinski definition) is 5. The van der Waals surface area contributed by atoms with Crippen molar-refractivity contribution in [2.24, 2.45) is 0 Å². The minimum Gasteiger partial charge on any atom is -0.354 e. The Labute approximate surface area is 154 Å². The molecule has 0 radical (unpaired) electrons. The Morgan fingerprint density at radius 3 is 2.54 bits per heavy atom. The molecule has 1 atom stereocenters. The van der Waals surface area contributed by atoms with Gasteiger partial charge in [-0.3, -0.25) is 9.69 Å². The van der Waals surface area contributed by atoms with Crippen LogP contribution in [0.3, 0.4) is 0 Å². The molecule has 26 heavy (non-hydrogen) atoms. The topological polar surface area (TPSA) is 72.3 Å². The zero-order valence-corrected chi connectivity index (χ0v) is 15.6. The summed E-state index contributed by atoms with van der Waals surface area (Å²) in [5, 5.41) is 13.3. The van der Waals surface area contributed by atoms with Crippen molar-refractivity contribution in [2.75, 3.05) is 31.1 Å². The van der Waals surface area contributed by atoms with Gasteiger partial charge in [-0.15, -0.1) is 0 Å². The number of anilines is 1. The van der Waals surface area contributed by atoms with Gasteiger partial charge in [-0.05, 0) is 32.9 Å². The number of nitriles is 1. The van der Waals surface area contributed by atoms with Crippen LogP contribution in [-0.4, -0.2) is 54.1 Å². The zero-order chi connectivity index (χ0) is 18.7. The van der Waals surface area contributed by atoms with Crippen LogP contribution in [0.4, 0.5) is 5.82 Å². The van der Waals surface area contributed by atoms with E-state index in [1.165, 1.54) is 0 Å². The van der Waals surface area contributed by atoms with Crippen molar-refractivity contribution in [3.05, 3.63) is 35.9 Å². The highest BCUT2D eigenvalue weighted by molar-refractivity contribution is 5.86. The van der Waals surface area contributed by atoms with Crippen molar-refractivity contribution in [3.8, 4) is 6.07 Å². The molecule has 1 aromatic heterocycles. The van der Waals surface area contributed by atoms with Crippen molar-refractivity contribution < 1.29 is 4.79 Å². The van der Waals surface area contributed by atoms with Crippen molar-refractivity contribution in [1.29, 1.82) is 5.26 Å². The van der Waals surface area contributed by atoms with E-state index in [9.17, 15) is 10.1 Å². The average molecular weight is 351 g/mol. The van der Waals surface area contributed by atoms with Crippen molar-refractivity contribution in [2.45, 2.75) is 32.9 Å². The van der Waals surface area contributed by atoms with E-state index in [0.29, 0.717) is 5.56 Å². The van der Waals surface area contributed by atoms with E-state index >= 15 is 0 Å². The number of benzene rings is 1. The fraction of sp³-hybridized carbons (Fsp3) is 0.450. The Hall–Kier alpha value is -2.65. The van der Waals surface area contributed by atoms with E-state index in [4.69, 9.17) is 4.98 Å². The minimum absolute atomic E-state index is 0.0732. The third-order valence-corrected chi connectivity index (χ3v) is 4.82. The molecule has 2 heterocycles. The number of rotatable bonds is 4. The monoisotopic (exact) mass is 351 g/mol. The van der Waals surface area contributed by atoms with Crippen LogP contribution in [-0.2, 0) is 4.79 Å². The number of carbonyl (C=O) groups is 1. The van der Waals surface area contributed by atoms with Gasteiger partial charge in [0.25, 0.3) is 0 Å². The van der Waals surface area contributed by atoms with E-state index in [1.54, 1.807) is 0 Å². The summed E-state index contributed by atoms with van der Waals surface area (Å²) in [7, 11) is 0. The molecule has 3 rings (SSSR count). The summed E-state index contributed by atoms with van der Waals surface area (Å²) in [6, 6.07) is 11.9. The third kappa shape index (κ3) is 3.78. The van der Waals surface area contributed by atoms with Crippen molar-refractivity contribution in [1.82, 2.24) is 15.2 Å². The largest absolute Gasteiger partial charge is 0.354 e. The summed E-state index contributed by atoms with van der Waals surface area (Å²) in [4.78, 5) is 21.3. The van der Waals surface area contributed by atoms with Gasteiger partial charge in [-0.1, -0.05) is 18.2 Å². The molecule has 0 spiro atoms. The van der Waals surface area contributed by atoms with E-state index in [-0.39, 0.29) is 18.0 Å². The van der Waals surface area contributed by atoms with Gasteiger partial charge in [0.1, 0.15) is 5.82 Å². The normalized spacial score (nSPS) is 16.5. The highest BCUT2D eigenvalue weighted by Crippen LogP contribution is 2.23. The predicted molar refractivity (Wildman–Crippen MR) is 103 cm³/mol. The first kappa shape index (κ1) is 18.2. The smallest absolute Gasteiger partial charge is 0.237 e. The van der Waals surface area contributed by atoms with Crippen LogP contribution in [0.5, 0.6) is 0 Å². The van der Waals surface area contributed by atoms with E-state index in [0.717, 1.165) is 42.9 Å². The van der Waals surface area contributed by atoms with Crippen LogP contribution < -0.4 is 10.2 Å². The lowest BCUT2D eigenvalue weighted by Gasteiger charge is -2.38. The standard InChI is InChI=1S/C20H25N5O/c1-14(2)22-20(26)15(3)24-8-10-25(11-9-24)19-12-16(13-21)17-6-4-5-7-18(17)23-19/h4-7,12,14-15H,8-11H2,1-3H3,(H,22,26). The third-order valence-electron chi connectivity index (χ3n) is 4.82. The Bertz CT molecular complexity index is 834. The molecular weight excluding hydrogens is 326 g/mol. The summed E-state index contributed by atoms with van der Waals surface area (Å²) in [5.41, 5.74) is 1.49. The fourth-order valence-electron chi connectivity index (χ4n) is 3.33. The molecule has 1 aliphatic heterocycles. The van der Waals surface area contributed by atoms with Gasteiger partial charge in [-0.2, -0.15) is 5.26 Å². The first-order chi connectivity index (χ1) is 12.5. The van der Waals surface area contributed by atoms with Gasteiger partial charge >= 0.3 is 0 Å². The summed E-state index contributed by atoms with van der Waals surface area (Å²) in [6.07, 6.45) is 0. The van der Waals surface area contributed by atoms with E-state index < -0.39 is 0 Å². The molecule has 1 saturated heterocycles. The Balaban J connectivity index is 1.71. The Morgan fingerprint density at radius 2 is 1.88 bits per heavy atom. The Morgan fingerprint density at radius 1 is 1.19 bits per heavy atom. The second-order valence-electron chi connectivity index (χ2n) is 7.02. The zero-order valence-electron chi connectivity index (χ0n) is 15.6. The van der Waals surface area contributed by atoms with Crippen LogP contribution in [0, 0.1) is 11.3 Å². The summed E-state index contributed by atoms with van der Waals surface area (Å²) >= 11 is 0. The highest BCUT2D eigenvalue weighted by Gasteiger charge is 2.26. The molecule has 1 N–H and O–H groups in total. The molecule has 6 nitrogen and oxygen atoms in total. The number of nitrogens with one attached hydrogen (secondary N) is 1. The number of carbonyl (C=O) groups excluding carboxylic acids is 1. The van der Waals surface area contributed by atoms with Gasteiger partial charge in [0.2, 0.25) is 5.91 Å². The van der Waals surface area contributed by atoms with Gasteiger partial charge in [0.05, 0.1) is 23.2 Å². The lowest BCUT2D eigenvalue weighted by atomic mass is 10.1. The summed E-state index contributed by atoms with van der Waals surface area (Å²) in [6.45, 7) is 9.06. The van der Waals surface area contributed by atoms with Gasteiger partial charge in [0, 0.05) is 37.6 Å². The van der Waals surface area contributed by atoms with E-state index in [2.05, 4.69) is 21.2 Å². The molecular formula is C20H25N5O. The minimum atomic E-state index is -0.140. The Kier molecular flexibility index (Phi) is 5.38. The lowest BCUT2D eigenvalue weighted by molar-refractivity contribution is -0.126. The SMILES string of the molecule is CC(C)NC(=O)C(C)N1CCN(c2cc(C#N)c3ccccc3n2)CC1. The first-order valence-corrected chi connectivity index (χ1v) is 9.09. The average Bonchev–Trinajstić information content (AvgIpc) is 2.66. The second kappa shape index (κ2) is 7.71. The number of fused-ring (bicyclic) bond motifs is 1. The number of nitrogens with zero attached hydrogens (tertiary/aromatic N) is 4. The molecule has 1 unspecified atom stereocenters. The molecule has 1 aliphatic rings. The van der Waals surface area contributed by atoms with Crippen LogP contribution in [0.1, 0.15) is 26.3 Å². The van der Waals surface area contributed by atoms with Crippen molar-refractivity contribution >= 4 is 22.6 Å². The molecule has 2 aromatic rings. The van der Waals surface area contributed by atoms with Crippen LogP contribution in [0.2, 0.25) is 0 Å². The predicted octanol–water partition coefficient (Wildman–Crippen LogP) is 2.14. The van der Waals surface area contributed by atoms with E-state index in [1.807, 2.05) is 51.1 Å². The number of pyridine rings is 1. The van der Waals surface area contributed by atoms with Crippen LogP contribution in [0.25, 0.3) is 10.9 Å². The lowest BCUT2D eigenvalue weighted by Crippen LogP contribution is -2.54. The molecule has 136 valence electrons. The van der Waals surface area contributed by atoms with Gasteiger partial charge < -0.3 is 10.2 Å². The quantitative estimate of drug-likeness (QED) is 0.914. The number of piperazine rings is 1. The number of para-hydroxylation sites is 1. The molecule has 1 amide bonds. The van der Waals surface area contributed by atoms with Crippen LogP contribution >= 0.6 is 0 Å². The van der Waals surface area contributed by atoms with Gasteiger partial charge in [0.15, 0.2) is 0 Å². The first-order valence-electron chi connectivity index (χ1n) is 9.09. The molecule has 0 saturated carbocycles.